The molecule has 0 unspecified atom stereocenters. The molecule has 4 aliphatic heterocycles. The van der Waals surface area contributed by atoms with Gasteiger partial charge in [0.2, 0.25) is 11.8 Å². The Kier molecular flexibility index (Phi) is 9.34. The highest BCUT2D eigenvalue weighted by Crippen LogP contribution is 2.32. The van der Waals surface area contributed by atoms with Gasteiger partial charge in [0.05, 0.1) is 49.9 Å². The monoisotopic (exact) mass is 762 g/mol. The van der Waals surface area contributed by atoms with Crippen LogP contribution in [-0.2, 0) is 19.1 Å². The van der Waals surface area contributed by atoms with E-state index in [4.69, 9.17) is 32.7 Å². The summed E-state index contributed by atoms with van der Waals surface area (Å²) in [7, 11) is 0. The summed E-state index contributed by atoms with van der Waals surface area (Å²) in [6, 6.07) is 6.98. The van der Waals surface area contributed by atoms with Gasteiger partial charge in [-0.1, -0.05) is 23.2 Å². The molecule has 0 saturated carbocycles. The fourth-order valence-electron chi connectivity index (χ4n) is 5.91. The Morgan fingerprint density at radius 3 is 1.44 bits per heavy atom. The van der Waals surface area contributed by atoms with E-state index in [0.29, 0.717) is 70.2 Å². The molecule has 4 N–H and O–H groups in total. The number of halogens is 4. The average molecular weight is 764 g/mol. The van der Waals surface area contributed by atoms with Crippen molar-refractivity contribution in [3.63, 3.8) is 0 Å². The van der Waals surface area contributed by atoms with E-state index in [2.05, 4.69) is 31.2 Å². The van der Waals surface area contributed by atoms with Crippen LogP contribution in [-0.4, -0.2) is 83.2 Å². The molecule has 4 aliphatic rings. The van der Waals surface area contributed by atoms with Crippen molar-refractivity contribution < 1.29 is 37.4 Å². The number of rotatable bonds is 6. The molecule has 12 nitrogen and oxygen atoms in total. The maximum atomic E-state index is 13.5. The summed E-state index contributed by atoms with van der Waals surface area (Å²) < 4.78 is 37.2. The van der Waals surface area contributed by atoms with E-state index in [0.717, 1.165) is 22.7 Å². The third kappa shape index (κ3) is 7.22. The van der Waals surface area contributed by atoms with Crippen LogP contribution in [0.2, 0.25) is 10.0 Å². The Morgan fingerprint density at radius 2 is 1.12 bits per heavy atom. The third-order valence-electron chi connectivity index (χ3n) is 8.40. The molecule has 2 aromatic heterocycles. The predicted octanol–water partition coefficient (Wildman–Crippen LogP) is 3.98. The van der Waals surface area contributed by atoms with Gasteiger partial charge in [-0.25, -0.2) is 18.7 Å². The second-order valence-electron chi connectivity index (χ2n) is 12.4. The minimum Gasteiger partial charge on any atom is -0.376 e. The molecule has 4 aromatic rings. The number of ether oxygens (including phenoxy) is 2. The van der Waals surface area contributed by atoms with Crippen molar-refractivity contribution in [1.29, 1.82) is 0 Å². The maximum absolute atomic E-state index is 13.5. The summed E-state index contributed by atoms with van der Waals surface area (Å²) in [5.41, 5.74) is 0.315. The SMILES string of the molecule is O=C(N[C@@H]1CC2(COC2)NC1=O)c1cnc(-c2cc(F)cc(Cl)c2)s1.O=C(N[C@H]1CC2(COC2)NC1=O)c1cnc(-c2cc(F)cc(Cl)c2)s1. The molecule has 260 valence electrons. The molecule has 2 atom stereocenters. The Morgan fingerprint density at radius 1 is 0.720 bits per heavy atom. The Balaban J connectivity index is 0.000000157. The molecule has 4 fully saturated rings. The van der Waals surface area contributed by atoms with Crippen LogP contribution in [0.1, 0.15) is 32.2 Å². The van der Waals surface area contributed by atoms with Crippen molar-refractivity contribution in [3.8, 4) is 21.1 Å². The molecule has 4 amide bonds. The number of benzene rings is 2. The molecule has 2 spiro atoms. The zero-order valence-corrected chi connectivity index (χ0v) is 28.8. The van der Waals surface area contributed by atoms with Gasteiger partial charge in [0, 0.05) is 34.0 Å². The van der Waals surface area contributed by atoms with Gasteiger partial charge in [0.1, 0.15) is 43.5 Å². The first kappa shape index (κ1) is 34.4. The molecule has 0 bridgehead atoms. The van der Waals surface area contributed by atoms with E-state index in [1.165, 1.54) is 36.7 Å². The van der Waals surface area contributed by atoms with E-state index < -0.39 is 23.7 Å². The van der Waals surface area contributed by atoms with E-state index in [1.807, 2.05) is 0 Å². The highest BCUT2D eigenvalue weighted by Gasteiger charge is 2.51. The van der Waals surface area contributed by atoms with Gasteiger partial charge >= 0.3 is 0 Å². The molecule has 2 aromatic carbocycles. The maximum Gasteiger partial charge on any atom is 0.263 e. The van der Waals surface area contributed by atoms with Crippen molar-refractivity contribution >= 4 is 69.5 Å². The van der Waals surface area contributed by atoms with Crippen LogP contribution in [0.4, 0.5) is 8.78 Å². The predicted molar refractivity (Wildman–Crippen MR) is 180 cm³/mol. The fourth-order valence-corrected chi connectivity index (χ4v) is 7.97. The lowest BCUT2D eigenvalue weighted by molar-refractivity contribution is -0.125. The van der Waals surface area contributed by atoms with E-state index >= 15 is 0 Å². The molecule has 18 heteroatoms. The van der Waals surface area contributed by atoms with Crippen molar-refractivity contribution in [2.24, 2.45) is 0 Å². The second-order valence-corrected chi connectivity index (χ2v) is 15.3. The molecule has 0 radical (unpaired) electrons. The summed E-state index contributed by atoms with van der Waals surface area (Å²) in [5, 5.41) is 12.6. The fraction of sp³-hybridized carbons (Fsp3) is 0.312. The van der Waals surface area contributed by atoms with Crippen molar-refractivity contribution in [3.05, 3.63) is 80.2 Å². The quantitative estimate of drug-likeness (QED) is 0.230. The molecular formula is C32H26Cl2F2N6O6S2. The van der Waals surface area contributed by atoms with Gasteiger partial charge in [-0.2, -0.15) is 0 Å². The molecule has 0 aliphatic carbocycles. The Hall–Kier alpha value is -4.06. The van der Waals surface area contributed by atoms with Crippen LogP contribution in [0.15, 0.2) is 48.8 Å². The number of carbonyl (C=O) groups is 4. The van der Waals surface area contributed by atoms with Gasteiger partial charge in [-0.3, -0.25) is 19.2 Å². The zero-order chi connectivity index (χ0) is 35.2. The molecule has 50 heavy (non-hydrogen) atoms. The highest BCUT2D eigenvalue weighted by molar-refractivity contribution is 7.17. The second kappa shape index (κ2) is 13.6. The Bertz CT molecular complexity index is 1840. The van der Waals surface area contributed by atoms with Crippen LogP contribution in [0.25, 0.3) is 21.1 Å². The molecule has 8 rings (SSSR count). The Labute approximate surface area is 300 Å². The van der Waals surface area contributed by atoms with Gasteiger partial charge in [-0.15, -0.1) is 22.7 Å². The summed E-state index contributed by atoms with van der Waals surface area (Å²) in [5.74, 6) is -2.14. The standard InChI is InChI=1S/2C16H13ClFN3O3S/c2*17-9-1-8(2-10(18)3-9)15-19-5-12(25-15)14(23)20-11-4-16(6-24-7-16)21-13(11)22/h2*1-3,5,11H,4,6-7H2,(H,20,23)(H,21,22)/t2*11-/m10/s1. The molecule has 6 heterocycles. The topological polar surface area (TPSA) is 161 Å². The summed E-state index contributed by atoms with van der Waals surface area (Å²) in [4.78, 5) is 57.8. The van der Waals surface area contributed by atoms with E-state index in [-0.39, 0.29) is 44.8 Å². The van der Waals surface area contributed by atoms with Crippen LogP contribution in [0.3, 0.4) is 0 Å². The number of thiazole rings is 2. The smallest absolute Gasteiger partial charge is 0.263 e. The van der Waals surface area contributed by atoms with Crippen LogP contribution in [0, 0.1) is 11.6 Å². The first-order chi connectivity index (χ1) is 23.9. The minimum atomic E-state index is -0.592. The number of aromatic nitrogens is 2. The van der Waals surface area contributed by atoms with E-state index in [1.54, 1.807) is 12.1 Å². The number of carbonyl (C=O) groups excluding carboxylic acids is 4. The number of hydrogen-bond acceptors (Lipinski definition) is 10. The van der Waals surface area contributed by atoms with Gasteiger partial charge < -0.3 is 30.7 Å². The number of nitrogens with zero attached hydrogens (tertiary/aromatic N) is 2. The lowest BCUT2D eigenvalue weighted by Crippen LogP contribution is -2.57. The number of hydrogen-bond donors (Lipinski definition) is 4. The van der Waals surface area contributed by atoms with Gasteiger partial charge in [0.15, 0.2) is 0 Å². The minimum absolute atomic E-state index is 0.210. The van der Waals surface area contributed by atoms with Crippen LogP contribution in [0.5, 0.6) is 0 Å². The molecule has 4 saturated heterocycles. The van der Waals surface area contributed by atoms with E-state index in [9.17, 15) is 28.0 Å². The number of nitrogens with one attached hydrogen (secondary N) is 4. The first-order valence-corrected chi connectivity index (χ1v) is 17.5. The summed E-state index contributed by atoms with van der Waals surface area (Å²) in [6.07, 6.45) is 3.82. The summed E-state index contributed by atoms with van der Waals surface area (Å²) in [6.45, 7) is 1.87. The number of amides is 4. The first-order valence-electron chi connectivity index (χ1n) is 15.1. The van der Waals surface area contributed by atoms with Crippen molar-refractivity contribution in [1.82, 2.24) is 31.2 Å². The lowest BCUT2D eigenvalue weighted by Gasteiger charge is -2.37. The van der Waals surface area contributed by atoms with Crippen molar-refractivity contribution in [2.45, 2.75) is 36.0 Å². The third-order valence-corrected chi connectivity index (χ3v) is 10.9. The highest BCUT2D eigenvalue weighted by atomic mass is 35.5. The lowest BCUT2D eigenvalue weighted by atomic mass is 9.94. The largest absolute Gasteiger partial charge is 0.376 e. The van der Waals surface area contributed by atoms with Crippen molar-refractivity contribution in [2.75, 3.05) is 26.4 Å². The van der Waals surface area contributed by atoms with Crippen LogP contribution < -0.4 is 21.3 Å². The van der Waals surface area contributed by atoms with Gasteiger partial charge in [0.25, 0.3) is 11.8 Å². The normalized spacial score (nSPS) is 21.0. The van der Waals surface area contributed by atoms with Gasteiger partial charge in [-0.05, 0) is 36.4 Å². The zero-order valence-electron chi connectivity index (χ0n) is 25.7. The van der Waals surface area contributed by atoms with Crippen LogP contribution >= 0.6 is 45.9 Å². The average Bonchev–Trinajstić information content (AvgIpc) is 3.82. The molecular weight excluding hydrogens is 737 g/mol. The summed E-state index contributed by atoms with van der Waals surface area (Å²) >= 11 is 13.9.